The summed E-state index contributed by atoms with van der Waals surface area (Å²) in [5, 5.41) is 15.0. The molecule has 0 radical (unpaired) electrons. The molecule has 0 bridgehead atoms. The zero-order chi connectivity index (χ0) is 34.6. The average molecular weight is 663 g/mol. The lowest BCUT2D eigenvalue weighted by Gasteiger charge is -2.16. The maximum Gasteiger partial charge on any atom is 0.0640 e. The number of fused-ring (bicyclic) bond motifs is 9. The molecule has 2 heteroatoms. The van der Waals surface area contributed by atoms with Crippen molar-refractivity contribution in [2.24, 2.45) is 4.99 Å². The predicted octanol–water partition coefficient (Wildman–Crippen LogP) is 13.1. The zero-order valence-corrected chi connectivity index (χ0v) is 28.6. The number of benzene rings is 10. The topological polar surface area (TPSA) is 38.4 Å². The van der Waals surface area contributed by atoms with Gasteiger partial charge in [-0.3, -0.25) is 4.99 Å². The highest BCUT2D eigenvalue weighted by atomic mass is 14.7. The Kier molecular flexibility index (Phi) is 7.07. The van der Waals surface area contributed by atoms with E-state index in [1.54, 1.807) is 0 Å². The Balaban J connectivity index is 1.10. The second-order valence-electron chi connectivity index (χ2n) is 13.7. The number of hydrogen-bond donors (Lipinski definition) is 1. The predicted molar refractivity (Wildman–Crippen MR) is 225 cm³/mol. The van der Waals surface area contributed by atoms with Crippen LogP contribution < -0.4 is 5.73 Å². The summed E-state index contributed by atoms with van der Waals surface area (Å²) in [4.78, 5) is 5.16. The normalized spacial score (nSPS) is 11.9. The molecule has 0 aliphatic heterocycles. The molecule has 10 aromatic carbocycles. The van der Waals surface area contributed by atoms with Crippen molar-refractivity contribution in [2.45, 2.75) is 6.54 Å². The van der Waals surface area contributed by atoms with Crippen LogP contribution in [0.1, 0.15) is 11.1 Å². The van der Waals surface area contributed by atoms with Gasteiger partial charge in [-0.05, 0) is 111 Å². The highest BCUT2D eigenvalue weighted by Gasteiger charge is 2.16. The van der Waals surface area contributed by atoms with E-state index >= 15 is 0 Å². The number of rotatable bonds is 5. The summed E-state index contributed by atoms with van der Waals surface area (Å²) in [6, 6.07) is 63.4. The summed E-state index contributed by atoms with van der Waals surface area (Å²) in [6.45, 7) is 0.590. The van der Waals surface area contributed by atoms with Gasteiger partial charge in [0.2, 0.25) is 0 Å². The first-order valence-electron chi connectivity index (χ1n) is 17.9. The maximum atomic E-state index is 6.35. The Morgan fingerprint density at radius 1 is 0.404 bits per heavy atom. The fraction of sp³-hybridized carbons (Fsp3) is 0.0200. The maximum absolute atomic E-state index is 6.35. The van der Waals surface area contributed by atoms with Crippen molar-refractivity contribution in [2.75, 3.05) is 5.73 Å². The lowest BCUT2D eigenvalue weighted by molar-refractivity contribution is 1.08. The summed E-state index contributed by atoms with van der Waals surface area (Å²) in [6.07, 6.45) is 2.11. The lowest BCUT2D eigenvalue weighted by Crippen LogP contribution is -1.94. The van der Waals surface area contributed by atoms with Gasteiger partial charge < -0.3 is 5.73 Å². The van der Waals surface area contributed by atoms with Crippen LogP contribution in [0.4, 0.5) is 5.69 Å². The van der Waals surface area contributed by atoms with Crippen molar-refractivity contribution in [3.05, 3.63) is 187 Å². The van der Waals surface area contributed by atoms with E-state index in [1.807, 2.05) is 18.2 Å². The van der Waals surface area contributed by atoms with Crippen LogP contribution in [0.25, 0.3) is 86.9 Å². The molecule has 0 saturated heterocycles. The van der Waals surface area contributed by atoms with Crippen LogP contribution in [-0.2, 0) is 6.54 Å². The average Bonchev–Trinajstić information content (AvgIpc) is 3.20. The molecule has 244 valence electrons. The van der Waals surface area contributed by atoms with Gasteiger partial charge in [-0.2, -0.15) is 0 Å². The molecular formula is C50H34N2. The molecule has 2 nitrogen and oxygen atoms in total. The van der Waals surface area contributed by atoms with Crippen LogP contribution in [0.2, 0.25) is 0 Å². The van der Waals surface area contributed by atoms with Crippen molar-refractivity contribution in [3.63, 3.8) is 0 Å². The highest BCUT2D eigenvalue weighted by Crippen LogP contribution is 2.41. The molecule has 10 aromatic rings. The molecule has 0 heterocycles. The first-order chi connectivity index (χ1) is 25.7. The van der Waals surface area contributed by atoms with E-state index < -0.39 is 0 Å². The van der Waals surface area contributed by atoms with Crippen molar-refractivity contribution in [1.82, 2.24) is 0 Å². The molecule has 0 amide bonds. The molecule has 0 atom stereocenters. The monoisotopic (exact) mass is 662 g/mol. The van der Waals surface area contributed by atoms with E-state index in [2.05, 4.69) is 164 Å². The van der Waals surface area contributed by atoms with E-state index in [0.717, 1.165) is 27.9 Å². The third kappa shape index (κ3) is 5.00. The number of para-hydroxylation sites is 1. The second-order valence-corrected chi connectivity index (χ2v) is 13.7. The van der Waals surface area contributed by atoms with Crippen LogP contribution in [0.3, 0.4) is 0 Å². The molecule has 0 saturated carbocycles. The van der Waals surface area contributed by atoms with Crippen LogP contribution in [0.15, 0.2) is 181 Å². The van der Waals surface area contributed by atoms with Crippen molar-refractivity contribution >= 4 is 76.5 Å². The molecule has 10 rings (SSSR count). The molecular weight excluding hydrogens is 629 g/mol. The van der Waals surface area contributed by atoms with Crippen molar-refractivity contribution < 1.29 is 0 Å². The standard InChI is InChI=1S/C50H34N2/c51-49-16-8-7-15-43(49)34-18-20-35(21-19-34)46-28-36-10-2-5-13-40(36)47-29-37-11-3-6-14-41(37)48(50(46)47)31-52-30-32-17-24-42-38(27-32)23-26-44-39-12-4-1-9-33(39)22-25-45(42)44/h1-29,31H,30,51H2/b52-31+. The first-order valence-corrected chi connectivity index (χ1v) is 17.9. The Morgan fingerprint density at radius 3 is 1.69 bits per heavy atom. The summed E-state index contributed by atoms with van der Waals surface area (Å²) >= 11 is 0. The Morgan fingerprint density at radius 2 is 0.942 bits per heavy atom. The fourth-order valence-electron chi connectivity index (χ4n) is 8.14. The minimum atomic E-state index is 0.590. The highest BCUT2D eigenvalue weighted by molar-refractivity contribution is 6.24. The van der Waals surface area contributed by atoms with Gasteiger partial charge in [-0.25, -0.2) is 0 Å². The van der Waals surface area contributed by atoms with Crippen LogP contribution >= 0.6 is 0 Å². The SMILES string of the molecule is Nc1ccccc1-c1ccc(-c2cc3ccccc3c3cc4ccccc4c(/C=N/Cc4ccc5c(ccc6c7ccccc7ccc56)c4)c23)cc1. The molecule has 0 aliphatic carbocycles. The Labute approximate surface area is 302 Å². The van der Waals surface area contributed by atoms with E-state index in [9.17, 15) is 0 Å². The van der Waals surface area contributed by atoms with Crippen LogP contribution in [-0.4, -0.2) is 6.21 Å². The van der Waals surface area contributed by atoms with E-state index in [-0.39, 0.29) is 0 Å². The number of nitrogens with two attached hydrogens (primary N) is 1. The van der Waals surface area contributed by atoms with Gasteiger partial charge in [-0.1, -0.05) is 152 Å². The fourth-order valence-corrected chi connectivity index (χ4v) is 8.14. The molecule has 0 fully saturated rings. The van der Waals surface area contributed by atoms with Gasteiger partial charge in [0, 0.05) is 23.0 Å². The van der Waals surface area contributed by atoms with Gasteiger partial charge >= 0.3 is 0 Å². The summed E-state index contributed by atoms with van der Waals surface area (Å²) in [5.74, 6) is 0. The van der Waals surface area contributed by atoms with Gasteiger partial charge in [0.05, 0.1) is 6.54 Å². The summed E-state index contributed by atoms with van der Waals surface area (Å²) < 4.78 is 0. The minimum absolute atomic E-state index is 0.590. The van der Waals surface area contributed by atoms with Gasteiger partial charge in [0.25, 0.3) is 0 Å². The molecule has 0 spiro atoms. The molecule has 0 aliphatic rings. The Hall–Kier alpha value is -6.77. The third-order valence-electron chi connectivity index (χ3n) is 10.7. The van der Waals surface area contributed by atoms with E-state index in [1.165, 1.54) is 75.8 Å². The van der Waals surface area contributed by atoms with Crippen molar-refractivity contribution in [3.8, 4) is 22.3 Å². The van der Waals surface area contributed by atoms with Crippen LogP contribution in [0.5, 0.6) is 0 Å². The van der Waals surface area contributed by atoms with Gasteiger partial charge in [-0.15, -0.1) is 0 Å². The second kappa shape index (κ2) is 12.2. The number of nitrogens with zero attached hydrogens (tertiary/aromatic N) is 1. The number of nitrogen functional groups attached to an aromatic ring is 1. The molecule has 2 N–H and O–H groups in total. The quantitative estimate of drug-likeness (QED) is 0.0847. The van der Waals surface area contributed by atoms with E-state index in [0.29, 0.717) is 6.54 Å². The van der Waals surface area contributed by atoms with Gasteiger partial charge in [0.1, 0.15) is 0 Å². The van der Waals surface area contributed by atoms with Gasteiger partial charge in [0.15, 0.2) is 0 Å². The molecule has 0 unspecified atom stereocenters. The number of anilines is 1. The third-order valence-corrected chi connectivity index (χ3v) is 10.7. The molecule has 52 heavy (non-hydrogen) atoms. The first kappa shape index (κ1) is 30.1. The smallest absolute Gasteiger partial charge is 0.0640 e. The summed E-state index contributed by atoms with van der Waals surface area (Å²) in [5.41, 5.74) is 14.0. The van der Waals surface area contributed by atoms with E-state index in [4.69, 9.17) is 10.7 Å². The lowest BCUT2D eigenvalue weighted by atomic mass is 9.87. The summed E-state index contributed by atoms with van der Waals surface area (Å²) in [7, 11) is 0. The zero-order valence-electron chi connectivity index (χ0n) is 28.6. The largest absolute Gasteiger partial charge is 0.398 e. The number of aliphatic imine (C=N–C) groups is 1. The Bertz CT molecular complexity index is 3040. The molecule has 0 aromatic heterocycles. The van der Waals surface area contributed by atoms with Crippen LogP contribution in [0, 0.1) is 0 Å². The van der Waals surface area contributed by atoms with Crippen molar-refractivity contribution in [1.29, 1.82) is 0 Å². The number of hydrogen-bond acceptors (Lipinski definition) is 2. The minimum Gasteiger partial charge on any atom is -0.398 e.